The van der Waals surface area contributed by atoms with E-state index in [1.165, 1.54) is 11.0 Å². The SMILES string of the molecule is C[C@H]1CCCCN1Cc1cc(O)c2c(c1Cl)C[C@H]1C[C@H]3[C@H](N(C)C)C(O)=C(C(N)=O)C(=O)[C@@]3(O)C(O)=C1C2=O. The number of aromatic hydroxyl groups is 1. The van der Waals surface area contributed by atoms with Crippen molar-refractivity contribution in [2.24, 2.45) is 17.6 Å². The Hall–Kier alpha value is -2.92. The summed E-state index contributed by atoms with van der Waals surface area (Å²) in [5.74, 6) is -6.75. The van der Waals surface area contributed by atoms with Crippen molar-refractivity contribution in [1.29, 1.82) is 0 Å². The molecule has 0 bridgehead atoms. The molecule has 6 N–H and O–H groups in total. The lowest BCUT2D eigenvalue weighted by molar-refractivity contribution is -0.148. The number of phenolic OH excluding ortho intramolecular Hbond substituents is 1. The predicted molar refractivity (Wildman–Crippen MR) is 142 cm³/mol. The molecule has 1 amide bonds. The summed E-state index contributed by atoms with van der Waals surface area (Å²) in [6.45, 7) is 3.57. The van der Waals surface area contributed by atoms with Gasteiger partial charge in [0.2, 0.25) is 5.78 Å². The number of nitrogens with zero attached hydrogens (tertiary/aromatic N) is 2. The maximum atomic E-state index is 13.8. The number of rotatable bonds is 4. The van der Waals surface area contributed by atoms with Crippen molar-refractivity contribution in [2.45, 2.75) is 63.3 Å². The van der Waals surface area contributed by atoms with Crippen LogP contribution in [0.4, 0.5) is 0 Å². The number of benzene rings is 1. The smallest absolute Gasteiger partial charge is 0.255 e. The number of likely N-dealkylation sites (N-methyl/N-ethyl adjacent to an activating group) is 1. The normalized spacial score (nSPS) is 31.3. The molecule has 1 fully saturated rings. The van der Waals surface area contributed by atoms with Gasteiger partial charge in [0.25, 0.3) is 5.91 Å². The Morgan fingerprint density at radius 1 is 1.23 bits per heavy atom. The van der Waals surface area contributed by atoms with Gasteiger partial charge in [0.1, 0.15) is 22.8 Å². The summed E-state index contributed by atoms with van der Waals surface area (Å²) >= 11 is 6.86. The van der Waals surface area contributed by atoms with Crippen LogP contribution >= 0.6 is 11.6 Å². The van der Waals surface area contributed by atoms with Crippen LogP contribution < -0.4 is 5.73 Å². The second kappa shape index (κ2) is 9.62. The maximum Gasteiger partial charge on any atom is 0.255 e. The fraction of sp³-hybridized carbons (Fsp3) is 0.536. The number of phenols is 1. The fourth-order valence-electron chi connectivity index (χ4n) is 7.08. The Morgan fingerprint density at radius 2 is 1.92 bits per heavy atom. The number of carbonyl (C=O) groups is 3. The monoisotopic (exact) mass is 559 g/mol. The molecule has 5 rings (SSSR count). The van der Waals surface area contributed by atoms with E-state index in [2.05, 4.69) is 11.8 Å². The van der Waals surface area contributed by atoms with E-state index in [1.54, 1.807) is 14.1 Å². The van der Waals surface area contributed by atoms with Crippen molar-refractivity contribution in [3.8, 4) is 5.75 Å². The molecule has 10 nitrogen and oxygen atoms in total. The van der Waals surface area contributed by atoms with Gasteiger partial charge in [-0.3, -0.25) is 24.2 Å². The number of allylic oxidation sites excluding steroid dienone is 1. The number of primary amides is 1. The topological polar surface area (TPSA) is 165 Å². The highest BCUT2D eigenvalue weighted by Crippen LogP contribution is 2.53. The average Bonchev–Trinajstić information content (AvgIpc) is 2.85. The van der Waals surface area contributed by atoms with Crippen LogP contribution in [0.15, 0.2) is 28.7 Å². The second-order valence-electron chi connectivity index (χ2n) is 11.5. The molecular formula is C28H34ClN3O7. The van der Waals surface area contributed by atoms with E-state index in [9.17, 15) is 34.8 Å². The Bertz CT molecular complexity index is 1350. The standard InChI is InChI=1S/C28H34ClN3O7/c1-12-6-4-5-7-32(12)11-14-10-17(33)19-15(21(14)29)8-13-9-16-22(31(2)3)24(35)20(27(30)38)26(37)28(16,39)25(36)18(13)23(19)34/h10,12-13,16,22,33,35-36,39H,4-9,11H2,1-3H3,(H2,30,38)/t12-,13-,16-,22-,28-/m0/s1. The van der Waals surface area contributed by atoms with E-state index in [0.717, 1.165) is 25.8 Å². The van der Waals surface area contributed by atoms with E-state index >= 15 is 0 Å². The van der Waals surface area contributed by atoms with Crippen molar-refractivity contribution in [2.75, 3.05) is 20.6 Å². The second-order valence-corrected chi connectivity index (χ2v) is 11.9. The predicted octanol–water partition coefficient (Wildman–Crippen LogP) is 2.15. The highest BCUT2D eigenvalue weighted by molar-refractivity contribution is 6.33. The third-order valence-electron chi connectivity index (χ3n) is 9.04. The molecule has 1 aliphatic heterocycles. The number of likely N-dealkylation sites (tertiary alicyclic amines) is 1. The van der Waals surface area contributed by atoms with Gasteiger partial charge in [-0.1, -0.05) is 18.0 Å². The molecule has 4 aliphatic rings. The summed E-state index contributed by atoms with van der Waals surface area (Å²) in [7, 11) is 3.19. The number of hydrogen-bond donors (Lipinski definition) is 5. The molecule has 0 spiro atoms. The number of Topliss-reactive ketones (excluding diaryl/α,β-unsaturated/α-hetero) is 2. The minimum Gasteiger partial charge on any atom is -0.510 e. The molecule has 1 heterocycles. The van der Waals surface area contributed by atoms with Crippen molar-refractivity contribution < 1.29 is 34.8 Å². The molecule has 5 atom stereocenters. The number of amides is 1. The Labute approximate surface area is 231 Å². The molecule has 0 aromatic heterocycles. The van der Waals surface area contributed by atoms with Crippen LogP contribution in [0, 0.1) is 11.8 Å². The molecular weight excluding hydrogens is 526 g/mol. The van der Waals surface area contributed by atoms with Gasteiger partial charge >= 0.3 is 0 Å². The number of fused-ring (bicyclic) bond motifs is 3. The first kappa shape index (κ1) is 27.6. The number of aliphatic hydroxyl groups is 3. The van der Waals surface area contributed by atoms with Gasteiger partial charge in [-0.15, -0.1) is 0 Å². The molecule has 3 aliphatic carbocycles. The van der Waals surface area contributed by atoms with E-state index in [-0.39, 0.29) is 29.7 Å². The molecule has 210 valence electrons. The van der Waals surface area contributed by atoms with Crippen LogP contribution in [0.2, 0.25) is 5.02 Å². The minimum absolute atomic E-state index is 0.0240. The molecule has 0 saturated carbocycles. The van der Waals surface area contributed by atoms with Crippen molar-refractivity contribution >= 4 is 29.1 Å². The van der Waals surface area contributed by atoms with Gasteiger partial charge < -0.3 is 26.2 Å². The summed E-state index contributed by atoms with van der Waals surface area (Å²) in [5, 5.41) is 45.3. The molecule has 11 heteroatoms. The van der Waals surface area contributed by atoms with Gasteiger partial charge in [-0.05, 0) is 76.4 Å². The number of ketones is 2. The summed E-state index contributed by atoms with van der Waals surface area (Å²) in [5.41, 5.74) is 2.76. The average molecular weight is 560 g/mol. The maximum absolute atomic E-state index is 13.8. The van der Waals surface area contributed by atoms with Gasteiger partial charge in [0.05, 0.1) is 11.6 Å². The Balaban J connectivity index is 1.62. The molecule has 0 radical (unpaired) electrons. The first-order chi connectivity index (χ1) is 18.3. The summed E-state index contributed by atoms with van der Waals surface area (Å²) in [4.78, 5) is 43.0. The van der Waals surface area contributed by atoms with Gasteiger partial charge in [0.15, 0.2) is 11.4 Å². The van der Waals surface area contributed by atoms with Gasteiger partial charge in [-0.25, -0.2) is 0 Å². The van der Waals surface area contributed by atoms with Crippen molar-refractivity contribution in [3.63, 3.8) is 0 Å². The van der Waals surface area contributed by atoms with E-state index < -0.39 is 58.0 Å². The van der Waals surface area contributed by atoms with Gasteiger partial charge in [-0.2, -0.15) is 0 Å². The number of carbonyl (C=O) groups excluding carboxylic acids is 3. The first-order valence-electron chi connectivity index (χ1n) is 13.2. The molecule has 0 unspecified atom stereocenters. The zero-order chi connectivity index (χ0) is 28.5. The third kappa shape index (κ3) is 3.99. The molecule has 39 heavy (non-hydrogen) atoms. The van der Waals surface area contributed by atoms with Crippen molar-refractivity contribution in [1.82, 2.24) is 9.80 Å². The summed E-state index contributed by atoms with van der Waals surface area (Å²) < 4.78 is 0. The molecule has 1 saturated heterocycles. The number of hydrogen-bond acceptors (Lipinski definition) is 9. The minimum atomic E-state index is -2.66. The zero-order valence-electron chi connectivity index (χ0n) is 22.2. The highest BCUT2D eigenvalue weighted by Gasteiger charge is 2.63. The van der Waals surface area contributed by atoms with Crippen LogP contribution in [-0.2, 0) is 22.6 Å². The van der Waals surface area contributed by atoms with Crippen LogP contribution in [0.5, 0.6) is 5.75 Å². The zero-order valence-corrected chi connectivity index (χ0v) is 23.0. The van der Waals surface area contributed by atoms with E-state index in [1.807, 2.05) is 0 Å². The quantitative estimate of drug-likeness (QED) is 0.347. The van der Waals surface area contributed by atoms with Crippen molar-refractivity contribution in [3.05, 3.63) is 50.4 Å². The summed E-state index contributed by atoms with van der Waals surface area (Å²) in [6, 6.07) is 0.791. The van der Waals surface area contributed by atoms with Crippen LogP contribution in [0.1, 0.15) is 54.1 Å². The van der Waals surface area contributed by atoms with Gasteiger partial charge in [0, 0.05) is 29.1 Å². The number of nitrogens with two attached hydrogens (primary N) is 1. The molecule has 1 aromatic rings. The lowest BCUT2D eigenvalue weighted by Crippen LogP contribution is -2.63. The Morgan fingerprint density at radius 3 is 2.54 bits per heavy atom. The number of halogens is 1. The summed E-state index contributed by atoms with van der Waals surface area (Å²) in [6.07, 6.45) is 3.49. The largest absolute Gasteiger partial charge is 0.510 e. The number of aliphatic hydroxyl groups excluding tert-OH is 2. The first-order valence-corrected chi connectivity index (χ1v) is 13.6. The van der Waals surface area contributed by atoms with Crippen LogP contribution in [0.3, 0.4) is 0 Å². The fourth-order valence-corrected chi connectivity index (χ4v) is 7.37. The lowest BCUT2D eigenvalue weighted by atomic mass is 9.58. The van der Waals surface area contributed by atoms with Crippen LogP contribution in [0.25, 0.3) is 0 Å². The molecule has 1 aromatic carbocycles. The number of piperidine rings is 1. The third-order valence-corrected chi connectivity index (χ3v) is 9.52. The highest BCUT2D eigenvalue weighted by atomic mass is 35.5. The lowest BCUT2D eigenvalue weighted by Gasteiger charge is -2.50. The Kier molecular flexibility index (Phi) is 6.82. The van der Waals surface area contributed by atoms with E-state index in [4.69, 9.17) is 17.3 Å². The van der Waals surface area contributed by atoms with E-state index in [0.29, 0.717) is 28.7 Å². The van der Waals surface area contributed by atoms with Crippen LogP contribution in [-0.4, -0.2) is 86.0 Å².